The summed E-state index contributed by atoms with van der Waals surface area (Å²) in [5, 5.41) is 0. The molecule has 81 heavy (non-hydrogen) atoms. The summed E-state index contributed by atoms with van der Waals surface area (Å²) in [6.45, 7) is 4.16. The standard InChI is InChI=1S/C71H128NO8P/c1-6-8-10-12-14-16-18-20-22-24-26-28-30-32-34-35-36-37-38-40-42-44-46-48-50-52-54-56-58-60-62-64-71(74)80-69(68-79-81(75,76)78-66-65-72(3,4)5)67-77-70(73)63-61-59-57-55-53-51-49-47-45-43-41-39-33-31-29-27-25-23-21-19-17-15-13-11-9-7-2/h8,10,14,16,20,22,26,28,32,34,36-37,40,42,69H,6-7,9,11-13,15,17-19,21,23-25,27,29-31,33,35,38-39,41,43-68H2,1-5H3/b10-8-,16-14-,22-20-,28-26-,34-32-,37-36-,42-40-. The van der Waals surface area contributed by atoms with Crippen molar-refractivity contribution in [1.82, 2.24) is 0 Å². The van der Waals surface area contributed by atoms with Crippen molar-refractivity contribution in [2.75, 3.05) is 47.5 Å². The molecule has 0 aliphatic heterocycles. The summed E-state index contributed by atoms with van der Waals surface area (Å²) in [5.74, 6) is -0.831. The lowest BCUT2D eigenvalue weighted by atomic mass is 10.0. The largest absolute Gasteiger partial charge is 0.756 e. The van der Waals surface area contributed by atoms with E-state index >= 15 is 0 Å². The molecule has 0 aromatic heterocycles. The zero-order valence-electron chi connectivity index (χ0n) is 53.5. The van der Waals surface area contributed by atoms with Crippen LogP contribution >= 0.6 is 7.82 Å². The molecule has 0 rings (SSSR count). The van der Waals surface area contributed by atoms with Crippen LogP contribution in [0.4, 0.5) is 0 Å². The highest BCUT2D eigenvalue weighted by atomic mass is 31.2. The highest BCUT2D eigenvalue weighted by Crippen LogP contribution is 2.38. The molecule has 0 aliphatic rings. The lowest BCUT2D eigenvalue weighted by Gasteiger charge is -2.28. The van der Waals surface area contributed by atoms with Crippen molar-refractivity contribution >= 4 is 19.8 Å². The van der Waals surface area contributed by atoms with Gasteiger partial charge >= 0.3 is 11.9 Å². The summed E-state index contributed by atoms with van der Waals surface area (Å²) in [5.41, 5.74) is 0. The van der Waals surface area contributed by atoms with Crippen LogP contribution in [0.1, 0.15) is 303 Å². The number of unbranched alkanes of at least 4 members (excludes halogenated alkanes) is 34. The second-order valence-corrected chi connectivity index (χ2v) is 25.2. The van der Waals surface area contributed by atoms with Crippen molar-refractivity contribution in [1.29, 1.82) is 0 Å². The predicted molar refractivity (Wildman–Crippen MR) is 346 cm³/mol. The van der Waals surface area contributed by atoms with Crippen molar-refractivity contribution in [2.24, 2.45) is 0 Å². The molecule has 470 valence electrons. The van der Waals surface area contributed by atoms with Gasteiger partial charge in [0.25, 0.3) is 7.82 Å². The van der Waals surface area contributed by atoms with E-state index in [0.29, 0.717) is 17.4 Å². The van der Waals surface area contributed by atoms with E-state index in [1.807, 2.05) is 21.1 Å². The van der Waals surface area contributed by atoms with Crippen LogP contribution in [0.15, 0.2) is 85.1 Å². The van der Waals surface area contributed by atoms with E-state index in [0.717, 1.165) is 89.9 Å². The number of hydrogen-bond donors (Lipinski definition) is 0. The highest BCUT2D eigenvalue weighted by Gasteiger charge is 2.22. The zero-order chi connectivity index (χ0) is 59.1. The highest BCUT2D eigenvalue weighted by molar-refractivity contribution is 7.45. The van der Waals surface area contributed by atoms with Gasteiger partial charge in [0.15, 0.2) is 6.10 Å². The first-order chi connectivity index (χ1) is 39.5. The van der Waals surface area contributed by atoms with Crippen LogP contribution in [0.25, 0.3) is 0 Å². The molecule has 0 saturated carbocycles. The quantitative estimate of drug-likeness (QED) is 0.0195. The lowest BCUT2D eigenvalue weighted by molar-refractivity contribution is -0.870. The third kappa shape index (κ3) is 66.2. The first kappa shape index (κ1) is 78.2. The van der Waals surface area contributed by atoms with Crippen LogP contribution in [-0.4, -0.2) is 70.0 Å². The summed E-state index contributed by atoms with van der Waals surface area (Å²) >= 11 is 0. The predicted octanol–water partition coefficient (Wildman–Crippen LogP) is 21.1. The molecule has 0 radical (unpaired) electrons. The number of nitrogens with zero attached hydrogens (tertiary/aromatic N) is 1. The van der Waals surface area contributed by atoms with Gasteiger partial charge in [-0.2, -0.15) is 0 Å². The van der Waals surface area contributed by atoms with Crippen LogP contribution < -0.4 is 4.89 Å². The summed E-state index contributed by atoms with van der Waals surface area (Å²) in [6, 6.07) is 0. The molecule has 2 unspecified atom stereocenters. The van der Waals surface area contributed by atoms with Gasteiger partial charge in [-0.25, -0.2) is 0 Å². The minimum Gasteiger partial charge on any atom is -0.756 e. The second-order valence-electron chi connectivity index (χ2n) is 23.8. The third-order valence-corrected chi connectivity index (χ3v) is 15.6. The number of allylic oxidation sites excluding steroid dienone is 14. The molecule has 0 fully saturated rings. The van der Waals surface area contributed by atoms with Gasteiger partial charge in [0.1, 0.15) is 19.8 Å². The van der Waals surface area contributed by atoms with E-state index in [9.17, 15) is 19.0 Å². The van der Waals surface area contributed by atoms with E-state index in [4.69, 9.17) is 18.5 Å². The van der Waals surface area contributed by atoms with Crippen LogP contribution in [0.2, 0.25) is 0 Å². The molecule has 0 heterocycles. The van der Waals surface area contributed by atoms with Gasteiger partial charge in [-0.05, 0) is 70.6 Å². The number of hydrogen-bond acceptors (Lipinski definition) is 8. The molecule has 0 bridgehead atoms. The number of esters is 2. The smallest absolute Gasteiger partial charge is 0.306 e. The Labute approximate surface area is 501 Å². The average Bonchev–Trinajstić information content (AvgIpc) is 3.43. The van der Waals surface area contributed by atoms with Gasteiger partial charge in [-0.3, -0.25) is 14.2 Å². The van der Waals surface area contributed by atoms with Gasteiger partial charge in [0, 0.05) is 12.8 Å². The average molecular weight is 1150 g/mol. The summed E-state index contributed by atoms with van der Waals surface area (Å²) in [4.78, 5) is 38.0. The number of carbonyl (C=O) groups excluding carboxylic acids is 2. The van der Waals surface area contributed by atoms with Crippen molar-refractivity contribution < 1.29 is 42.1 Å². The SMILES string of the molecule is CC/C=C\C/C=C\C/C=C\C/C=C\C/C=C\C/C=C\C/C=C\CCCCCCCCCCCC(=O)OC(COC(=O)CCCCCCCCCCCCCCCCCCCCCCCCCCCC)COP(=O)([O-])OCC[N+](C)(C)C. The van der Waals surface area contributed by atoms with E-state index in [1.165, 1.54) is 180 Å². The molecule has 0 N–H and O–H groups in total. The number of phosphoric acid groups is 1. The molecule has 9 nitrogen and oxygen atoms in total. The Balaban J connectivity index is 4.10. The lowest BCUT2D eigenvalue weighted by Crippen LogP contribution is -2.37. The van der Waals surface area contributed by atoms with Crippen molar-refractivity contribution in [3.63, 3.8) is 0 Å². The second kappa shape index (κ2) is 61.7. The molecule has 0 spiro atoms. The molecule has 0 aromatic carbocycles. The minimum atomic E-state index is -4.65. The Kier molecular flexibility index (Phi) is 59.6. The van der Waals surface area contributed by atoms with Crippen LogP contribution in [0.5, 0.6) is 0 Å². The fourth-order valence-corrected chi connectivity index (χ4v) is 10.3. The van der Waals surface area contributed by atoms with Crippen molar-refractivity contribution in [3.8, 4) is 0 Å². The normalized spacial score (nSPS) is 13.7. The molecular weight excluding hydrogens is 1030 g/mol. The molecule has 0 saturated heterocycles. The molecule has 0 aromatic rings. The fraction of sp³-hybridized carbons (Fsp3) is 0.775. The van der Waals surface area contributed by atoms with Gasteiger partial charge in [-0.15, -0.1) is 0 Å². The van der Waals surface area contributed by atoms with Gasteiger partial charge < -0.3 is 27.9 Å². The Morgan fingerprint density at radius 1 is 0.395 bits per heavy atom. The molecule has 2 atom stereocenters. The maximum absolute atomic E-state index is 12.9. The summed E-state index contributed by atoms with van der Waals surface area (Å²) in [7, 11) is 1.16. The summed E-state index contributed by atoms with van der Waals surface area (Å²) < 4.78 is 34.3. The van der Waals surface area contributed by atoms with Gasteiger partial charge in [-0.1, -0.05) is 304 Å². The first-order valence-corrected chi connectivity index (χ1v) is 35.3. The summed E-state index contributed by atoms with van der Waals surface area (Å²) in [6.07, 6.45) is 83.7. The Bertz CT molecular complexity index is 1640. The number of likely N-dealkylation sites (N-methyl/N-ethyl adjacent to an activating group) is 1. The number of ether oxygens (including phenoxy) is 2. The van der Waals surface area contributed by atoms with E-state index < -0.39 is 26.5 Å². The van der Waals surface area contributed by atoms with Crippen LogP contribution in [0, 0.1) is 0 Å². The van der Waals surface area contributed by atoms with Gasteiger partial charge in [0.05, 0.1) is 27.7 Å². The Morgan fingerprint density at radius 2 is 0.704 bits per heavy atom. The van der Waals surface area contributed by atoms with Crippen LogP contribution in [-0.2, 0) is 32.7 Å². The number of carbonyl (C=O) groups is 2. The van der Waals surface area contributed by atoms with E-state index in [1.54, 1.807) is 0 Å². The monoisotopic (exact) mass is 1150 g/mol. The topological polar surface area (TPSA) is 111 Å². The maximum Gasteiger partial charge on any atom is 0.306 e. The number of rotatable bonds is 62. The first-order valence-electron chi connectivity index (χ1n) is 33.8. The van der Waals surface area contributed by atoms with Gasteiger partial charge in [0.2, 0.25) is 0 Å². The van der Waals surface area contributed by atoms with Crippen LogP contribution in [0.3, 0.4) is 0 Å². The molecular formula is C71H128NO8P. The number of phosphoric ester groups is 1. The fourth-order valence-electron chi connectivity index (χ4n) is 9.52. The minimum absolute atomic E-state index is 0.0339. The van der Waals surface area contributed by atoms with E-state index in [2.05, 4.69) is 98.9 Å². The maximum atomic E-state index is 12.9. The molecule has 10 heteroatoms. The van der Waals surface area contributed by atoms with Crippen molar-refractivity contribution in [3.05, 3.63) is 85.1 Å². The number of quaternary nitrogens is 1. The Morgan fingerprint density at radius 3 is 1.05 bits per heavy atom. The third-order valence-electron chi connectivity index (χ3n) is 14.7. The zero-order valence-corrected chi connectivity index (χ0v) is 54.4. The van der Waals surface area contributed by atoms with Crippen molar-refractivity contribution in [2.45, 2.75) is 309 Å². The molecule has 0 aliphatic carbocycles. The van der Waals surface area contributed by atoms with E-state index in [-0.39, 0.29) is 32.0 Å². The Hall–Kier alpha value is -2.81. The molecule has 0 amide bonds.